The Bertz CT molecular complexity index is 537. The fourth-order valence-corrected chi connectivity index (χ4v) is 3.26. The summed E-state index contributed by atoms with van der Waals surface area (Å²) < 4.78 is 0. The van der Waals surface area contributed by atoms with Gasteiger partial charge in [0.2, 0.25) is 0 Å². The highest BCUT2D eigenvalue weighted by molar-refractivity contribution is 7.10. The van der Waals surface area contributed by atoms with Crippen LogP contribution in [0, 0.1) is 0 Å². The van der Waals surface area contributed by atoms with Gasteiger partial charge in [-0.3, -0.25) is 0 Å². The number of thiophene rings is 1. The lowest BCUT2D eigenvalue weighted by Gasteiger charge is -2.19. The van der Waals surface area contributed by atoms with E-state index in [2.05, 4.69) is 45.0 Å². The van der Waals surface area contributed by atoms with Crippen molar-refractivity contribution in [2.24, 2.45) is 5.73 Å². The van der Waals surface area contributed by atoms with Crippen LogP contribution in [0.5, 0.6) is 0 Å². The zero-order valence-corrected chi connectivity index (χ0v) is 13.2. The van der Waals surface area contributed by atoms with Crippen LogP contribution >= 0.6 is 22.9 Å². The summed E-state index contributed by atoms with van der Waals surface area (Å²) in [6.45, 7) is 6.66. The van der Waals surface area contributed by atoms with Gasteiger partial charge in [-0.05, 0) is 34.4 Å². The second-order valence-electron chi connectivity index (χ2n) is 5.89. The smallest absolute Gasteiger partial charge is 0.0561 e. The quantitative estimate of drug-likeness (QED) is 0.852. The van der Waals surface area contributed by atoms with Crippen LogP contribution in [0.15, 0.2) is 35.7 Å². The molecule has 3 heteroatoms. The normalized spacial score (nSPS) is 13.5. The molecule has 0 aliphatic heterocycles. The van der Waals surface area contributed by atoms with Crippen LogP contribution in [0.1, 0.15) is 42.8 Å². The molecular weight excluding hydrogens is 274 g/mol. The molecule has 0 saturated heterocycles. The van der Waals surface area contributed by atoms with Crippen LogP contribution in [-0.4, -0.2) is 0 Å². The third kappa shape index (κ3) is 3.59. The van der Waals surface area contributed by atoms with E-state index in [1.807, 2.05) is 11.4 Å². The summed E-state index contributed by atoms with van der Waals surface area (Å²) in [5.41, 5.74) is 9.02. The molecule has 0 aliphatic rings. The summed E-state index contributed by atoms with van der Waals surface area (Å²) >= 11 is 7.74. The van der Waals surface area contributed by atoms with Crippen molar-refractivity contribution in [3.05, 3.63) is 56.7 Å². The number of benzene rings is 1. The first-order valence-corrected chi connectivity index (χ1v) is 7.71. The molecule has 102 valence electrons. The van der Waals surface area contributed by atoms with Crippen molar-refractivity contribution >= 4 is 22.9 Å². The van der Waals surface area contributed by atoms with E-state index in [9.17, 15) is 0 Å². The van der Waals surface area contributed by atoms with Crippen LogP contribution in [0.25, 0.3) is 0 Å². The summed E-state index contributed by atoms with van der Waals surface area (Å²) in [6, 6.07) is 10.6. The van der Waals surface area contributed by atoms with E-state index in [1.54, 1.807) is 11.3 Å². The molecule has 1 atom stereocenters. The summed E-state index contributed by atoms with van der Waals surface area (Å²) in [7, 11) is 0. The number of nitrogens with two attached hydrogens (primary N) is 1. The molecule has 0 saturated carbocycles. The molecule has 2 N–H and O–H groups in total. The van der Waals surface area contributed by atoms with Crippen molar-refractivity contribution in [2.45, 2.75) is 38.6 Å². The largest absolute Gasteiger partial charge is 0.323 e. The van der Waals surface area contributed by atoms with E-state index in [-0.39, 0.29) is 11.5 Å². The fraction of sp³-hybridized carbons (Fsp3) is 0.375. The van der Waals surface area contributed by atoms with Gasteiger partial charge in [-0.2, -0.15) is 0 Å². The Morgan fingerprint density at radius 3 is 2.26 bits per heavy atom. The van der Waals surface area contributed by atoms with E-state index >= 15 is 0 Å². The van der Waals surface area contributed by atoms with Gasteiger partial charge in [0.15, 0.2) is 0 Å². The van der Waals surface area contributed by atoms with Gasteiger partial charge in [0, 0.05) is 10.9 Å². The first-order valence-electron chi connectivity index (χ1n) is 6.46. The number of halogens is 1. The Balaban J connectivity index is 2.10. The van der Waals surface area contributed by atoms with Crippen LogP contribution < -0.4 is 5.73 Å². The minimum absolute atomic E-state index is 0.0204. The molecule has 0 amide bonds. The number of hydrogen-bond acceptors (Lipinski definition) is 2. The van der Waals surface area contributed by atoms with E-state index < -0.39 is 0 Å². The summed E-state index contributed by atoms with van der Waals surface area (Å²) in [6.07, 6.45) is 0.824. The summed E-state index contributed by atoms with van der Waals surface area (Å²) in [5.74, 6) is 0. The van der Waals surface area contributed by atoms with Crippen LogP contribution in [0.2, 0.25) is 5.02 Å². The van der Waals surface area contributed by atoms with Crippen molar-refractivity contribution in [1.82, 2.24) is 0 Å². The van der Waals surface area contributed by atoms with Gasteiger partial charge in [-0.1, -0.05) is 56.6 Å². The van der Waals surface area contributed by atoms with E-state index in [4.69, 9.17) is 17.3 Å². The predicted molar refractivity (Wildman–Crippen MR) is 85.1 cm³/mol. The maximum absolute atomic E-state index is 6.22. The lowest BCUT2D eigenvalue weighted by Crippen LogP contribution is -2.13. The van der Waals surface area contributed by atoms with Gasteiger partial charge in [-0.25, -0.2) is 0 Å². The highest BCUT2D eigenvalue weighted by Crippen LogP contribution is 2.30. The average molecular weight is 294 g/mol. The molecule has 19 heavy (non-hydrogen) atoms. The average Bonchev–Trinajstić information content (AvgIpc) is 2.75. The predicted octanol–water partition coefficient (Wildman–Crippen LogP) is 4.94. The first-order chi connectivity index (χ1) is 8.88. The highest BCUT2D eigenvalue weighted by atomic mass is 35.5. The van der Waals surface area contributed by atoms with Crippen molar-refractivity contribution < 1.29 is 0 Å². The molecule has 0 radical (unpaired) electrons. The van der Waals surface area contributed by atoms with Crippen LogP contribution in [0.3, 0.4) is 0 Å². The molecule has 2 rings (SSSR count). The Hall–Kier alpha value is -0.830. The van der Waals surface area contributed by atoms with Crippen molar-refractivity contribution in [2.75, 3.05) is 0 Å². The standard InChI is InChI=1S/C16H20ClNS/c1-16(2,3)12-6-4-11(5-7-12)10-14(18)15-13(17)8-9-19-15/h4-9,14H,10,18H2,1-3H3. The maximum atomic E-state index is 6.22. The summed E-state index contributed by atoms with van der Waals surface area (Å²) in [4.78, 5) is 1.07. The minimum Gasteiger partial charge on any atom is -0.323 e. The zero-order valence-electron chi connectivity index (χ0n) is 11.6. The monoisotopic (exact) mass is 293 g/mol. The molecule has 2 aromatic rings. The maximum Gasteiger partial charge on any atom is 0.0561 e. The van der Waals surface area contributed by atoms with E-state index in [0.29, 0.717) is 0 Å². The number of hydrogen-bond donors (Lipinski definition) is 1. The Kier molecular flexibility index (Phi) is 4.34. The van der Waals surface area contributed by atoms with Gasteiger partial charge in [0.1, 0.15) is 0 Å². The third-order valence-electron chi connectivity index (χ3n) is 3.26. The van der Waals surface area contributed by atoms with Crippen molar-refractivity contribution in [1.29, 1.82) is 0 Å². The molecule has 0 aliphatic carbocycles. The molecular formula is C16H20ClNS. The van der Waals surface area contributed by atoms with E-state index in [0.717, 1.165) is 16.3 Å². The van der Waals surface area contributed by atoms with Crippen molar-refractivity contribution in [3.8, 4) is 0 Å². The summed E-state index contributed by atoms with van der Waals surface area (Å²) in [5, 5.41) is 2.77. The van der Waals surface area contributed by atoms with Gasteiger partial charge in [-0.15, -0.1) is 11.3 Å². The lowest BCUT2D eigenvalue weighted by molar-refractivity contribution is 0.589. The third-order valence-corrected chi connectivity index (χ3v) is 4.75. The van der Waals surface area contributed by atoms with Gasteiger partial charge >= 0.3 is 0 Å². The SMILES string of the molecule is CC(C)(C)c1ccc(CC(N)c2sccc2Cl)cc1. The number of rotatable bonds is 3. The molecule has 1 aromatic heterocycles. The Morgan fingerprint density at radius 2 is 1.79 bits per heavy atom. The Labute approximate surface area is 124 Å². The minimum atomic E-state index is -0.0204. The van der Waals surface area contributed by atoms with Crippen LogP contribution in [0.4, 0.5) is 0 Å². The molecule has 1 nitrogen and oxygen atoms in total. The molecule has 0 bridgehead atoms. The lowest BCUT2D eigenvalue weighted by atomic mass is 9.86. The van der Waals surface area contributed by atoms with Gasteiger partial charge in [0.25, 0.3) is 0 Å². The van der Waals surface area contributed by atoms with E-state index in [1.165, 1.54) is 11.1 Å². The molecule has 1 heterocycles. The highest BCUT2D eigenvalue weighted by Gasteiger charge is 2.15. The second kappa shape index (κ2) is 5.66. The van der Waals surface area contributed by atoms with Gasteiger partial charge < -0.3 is 5.73 Å². The molecule has 1 aromatic carbocycles. The van der Waals surface area contributed by atoms with Crippen LogP contribution in [-0.2, 0) is 11.8 Å². The molecule has 1 unspecified atom stereocenters. The molecule has 0 spiro atoms. The first kappa shape index (κ1) is 14.6. The molecule has 0 fully saturated rings. The fourth-order valence-electron chi connectivity index (χ4n) is 2.06. The topological polar surface area (TPSA) is 26.0 Å². The Morgan fingerprint density at radius 1 is 1.16 bits per heavy atom. The van der Waals surface area contributed by atoms with Crippen molar-refractivity contribution in [3.63, 3.8) is 0 Å². The van der Waals surface area contributed by atoms with Gasteiger partial charge in [0.05, 0.1) is 5.02 Å². The second-order valence-corrected chi connectivity index (χ2v) is 7.25. The zero-order chi connectivity index (χ0) is 14.0.